The van der Waals surface area contributed by atoms with Crippen molar-refractivity contribution in [2.45, 2.75) is 26.2 Å². The predicted molar refractivity (Wildman–Crippen MR) is 95.6 cm³/mol. The molecule has 1 aromatic heterocycles. The number of carbonyl (C=O) groups is 3. The monoisotopic (exact) mass is 360 g/mol. The molecule has 2 aliphatic rings. The Bertz CT molecular complexity index is 730. The predicted octanol–water partition coefficient (Wildman–Crippen LogP) is 3.27. The van der Waals surface area contributed by atoms with Gasteiger partial charge in [0.2, 0.25) is 5.91 Å². The molecule has 0 saturated carbocycles. The van der Waals surface area contributed by atoms with E-state index in [2.05, 4.69) is 0 Å². The number of piperidine rings is 1. The molecule has 0 atom stereocenters. The lowest BCUT2D eigenvalue weighted by molar-refractivity contribution is -0.136. The van der Waals surface area contributed by atoms with Crippen LogP contribution in [0, 0.1) is 0 Å². The van der Waals surface area contributed by atoms with E-state index in [0.29, 0.717) is 23.8 Å². The Morgan fingerprint density at radius 3 is 2.72 bits per heavy atom. The van der Waals surface area contributed by atoms with Crippen molar-refractivity contribution >= 4 is 34.9 Å². The highest BCUT2D eigenvalue weighted by molar-refractivity contribution is 8.18. The van der Waals surface area contributed by atoms with Crippen molar-refractivity contribution in [1.82, 2.24) is 9.80 Å². The minimum Gasteiger partial charge on any atom is -0.465 e. The van der Waals surface area contributed by atoms with E-state index in [1.807, 2.05) is 6.92 Å². The fourth-order valence-electron chi connectivity index (χ4n) is 2.86. The SMILES string of the molecule is CC(/C=C1\SC(=O)N(CC(=O)N2CCCCC2)C1=O)=C\c1ccco1. The van der Waals surface area contributed by atoms with Crippen LogP contribution in [0.1, 0.15) is 31.9 Å². The molecule has 3 heterocycles. The highest BCUT2D eigenvalue weighted by Crippen LogP contribution is 2.31. The molecule has 0 aliphatic carbocycles. The van der Waals surface area contributed by atoms with Gasteiger partial charge in [0.15, 0.2) is 0 Å². The van der Waals surface area contributed by atoms with E-state index < -0.39 is 11.1 Å². The first-order valence-corrected chi connectivity index (χ1v) is 9.11. The van der Waals surface area contributed by atoms with Crippen LogP contribution in [0.15, 0.2) is 39.4 Å². The highest BCUT2D eigenvalue weighted by Gasteiger charge is 2.37. The quantitative estimate of drug-likeness (QED) is 0.771. The van der Waals surface area contributed by atoms with Crippen LogP contribution in [0.2, 0.25) is 0 Å². The Balaban J connectivity index is 1.67. The smallest absolute Gasteiger partial charge is 0.294 e. The number of amides is 3. The Hall–Kier alpha value is -2.28. The maximum atomic E-state index is 12.5. The van der Waals surface area contributed by atoms with Crippen LogP contribution >= 0.6 is 11.8 Å². The number of rotatable bonds is 4. The first-order chi connectivity index (χ1) is 12.0. The van der Waals surface area contributed by atoms with E-state index in [1.165, 1.54) is 0 Å². The molecule has 3 amide bonds. The molecular weight excluding hydrogens is 340 g/mol. The second kappa shape index (κ2) is 7.74. The van der Waals surface area contributed by atoms with Crippen molar-refractivity contribution in [3.8, 4) is 0 Å². The van der Waals surface area contributed by atoms with E-state index in [0.717, 1.165) is 41.5 Å². The number of likely N-dealkylation sites (tertiary alicyclic amines) is 1. The van der Waals surface area contributed by atoms with Gasteiger partial charge in [-0.15, -0.1) is 0 Å². The Labute approximate surface area is 150 Å². The molecular formula is C18H20N2O4S. The first-order valence-electron chi connectivity index (χ1n) is 8.29. The molecule has 7 heteroatoms. The van der Waals surface area contributed by atoms with Crippen LogP contribution < -0.4 is 0 Å². The van der Waals surface area contributed by atoms with Gasteiger partial charge in [-0.2, -0.15) is 0 Å². The summed E-state index contributed by atoms with van der Waals surface area (Å²) < 4.78 is 5.23. The lowest BCUT2D eigenvalue weighted by Crippen LogP contribution is -2.44. The van der Waals surface area contributed by atoms with E-state index in [-0.39, 0.29) is 12.5 Å². The first kappa shape index (κ1) is 17.5. The van der Waals surface area contributed by atoms with Crippen LogP contribution in [0.25, 0.3) is 6.08 Å². The topological polar surface area (TPSA) is 70.8 Å². The zero-order valence-electron chi connectivity index (χ0n) is 14.1. The van der Waals surface area contributed by atoms with E-state index in [1.54, 1.807) is 35.4 Å². The normalized spacial score (nSPS) is 20.7. The average Bonchev–Trinajstić information content (AvgIpc) is 3.19. The molecule has 6 nitrogen and oxygen atoms in total. The van der Waals surface area contributed by atoms with E-state index in [4.69, 9.17) is 4.42 Å². The number of furan rings is 1. The van der Waals surface area contributed by atoms with Gasteiger partial charge in [0, 0.05) is 13.1 Å². The molecule has 2 saturated heterocycles. The van der Waals surface area contributed by atoms with Gasteiger partial charge in [0.25, 0.3) is 11.1 Å². The fourth-order valence-corrected chi connectivity index (χ4v) is 3.75. The summed E-state index contributed by atoms with van der Waals surface area (Å²) in [5.74, 6) is 0.104. The van der Waals surface area contributed by atoms with Crippen molar-refractivity contribution in [3.63, 3.8) is 0 Å². The summed E-state index contributed by atoms with van der Waals surface area (Å²) >= 11 is 0.868. The Kier molecular flexibility index (Phi) is 5.43. The average molecular weight is 360 g/mol. The van der Waals surface area contributed by atoms with Crippen LogP contribution in [-0.4, -0.2) is 46.5 Å². The summed E-state index contributed by atoms with van der Waals surface area (Å²) in [4.78, 5) is 40.0. The molecule has 3 rings (SSSR count). The van der Waals surface area contributed by atoms with Crippen molar-refractivity contribution < 1.29 is 18.8 Å². The third kappa shape index (κ3) is 4.22. The largest absolute Gasteiger partial charge is 0.465 e. The summed E-state index contributed by atoms with van der Waals surface area (Å²) in [6, 6.07) is 3.58. The summed E-state index contributed by atoms with van der Waals surface area (Å²) in [6.45, 7) is 3.06. The number of hydrogen-bond acceptors (Lipinski definition) is 5. The van der Waals surface area contributed by atoms with Crippen LogP contribution in [0.5, 0.6) is 0 Å². The number of hydrogen-bond donors (Lipinski definition) is 0. The minimum atomic E-state index is -0.410. The van der Waals surface area contributed by atoms with Crippen molar-refractivity contribution in [2.24, 2.45) is 0 Å². The molecule has 2 aliphatic heterocycles. The van der Waals surface area contributed by atoms with Gasteiger partial charge in [0.1, 0.15) is 12.3 Å². The summed E-state index contributed by atoms with van der Waals surface area (Å²) in [7, 11) is 0. The van der Waals surface area contributed by atoms with Crippen LogP contribution in [0.3, 0.4) is 0 Å². The lowest BCUT2D eigenvalue weighted by atomic mass is 10.1. The van der Waals surface area contributed by atoms with E-state index >= 15 is 0 Å². The molecule has 0 radical (unpaired) electrons. The summed E-state index contributed by atoms with van der Waals surface area (Å²) in [5, 5.41) is -0.396. The second-order valence-electron chi connectivity index (χ2n) is 6.11. The van der Waals surface area contributed by atoms with Gasteiger partial charge in [-0.05, 0) is 67.8 Å². The molecule has 0 bridgehead atoms. The maximum Gasteiger partial charge on any atom is 0.294 e. The highest BCUT2D eigenvalue weighted by atomic mass is 32.2. The minimum absolute atomic E-state index is 0.161. The third-order valence-electron chi connectivity index (χ3n) is 4.15. The number of allylic oxidation sites excluding steroid dienone is 2. The molecule has 0 unspecified atom stereocenters. The van der Waals surface area contributed by atoms with Gasteiger partial charge >= 0.3 is 0 Å². The zero-order valence-corrected chi connectivity index (χ0v) is 14.9. The summed E-state index contributed by atoms with van der Waals surface area (Å²) in [5.41, 5.74) is 0.794. The second-order valence-corrected chi connectivity index (χ2v) is 7.11. The fraction of sp³-hybridized carbons (Fsp3) is 0.389. The molecule has 2 fully saturated rings. The van der Waals surface area contributed by atoms with Gasteiger partial charge < -0.3 is 9.32 Å². The van der Waals surface area contributed by atoms with Gasteiger partial charge in [0.05, 0.1) is 11.2 Å². The molecule has 0 aromatic carbocycles. The van der Waals surface area contributed by atoms with Crippen molar-refractivity contribution in [1.29, 1.82) is 0 Å². The van der Waals surface area contributed by atoms with Gasteiger partial charge in [-0.25, -0.2) is 0 Å². The molecule has 25 heavy (non-hydrogen) atoms. The standard InChI is InChI=1S/C18H20N2O4S/c1-13(10-14-6-5-9-24-14)11-15-17(22)20(18(23)25-15)12-16(21)19-7-3-2-4-8-19/h5-6,9-11H,2-4,7-8,12H2,1H3/b13-10+,15-11-. The number of carbonyl (C=O) groups excluding carboxylic acids is 3. The van der Waals surface area contributed by atoms with Crippen molar-refractivity contribution in [2.75, 3.05) is 19.6 Å². The van der Waals surface area contributed by atoms with E-state index in [9.17, 15) is 14.4 Å². The molecule has 0 N–H and O–H groups in total. The molecule has 132 valence electrons. The number of imide groups is 1. The number of nitrogens with zero attached hydrogens (tertiary/aromatic N) is 2. The van der Waals surface area contributed by atoms with Gasteiger partial charge in [-0.3, -0.25) is 19.3 Å². The third-order valence-corrected chi connectivity index (χ3v) is 5.06. The van der Waals surface area contributed by atoms with Crippen molar-refractivity contribution in [3.05, 3.63) is 40.7 Å². The zero-order chi connectivity index (χ0) is 17.8. The van der Waals surface area contributed by atoms with Gasteiger partial charge in [-0.1, -0.05) is 0 Å². The molecule has 0 spiro atoms. The summed E-state index contributed by atoms with van der Waals surface area (Å²) in [6.07, 6.45) is 8.08. The maximum absolute atomic E-state index is 12.5. The van der Waals surface area contributed by atoms with Crippen LogP contribution in [0.4, 0.5) is 4.79 Å². The Morgan fingerprint density at radius 1 is 1.28 bits per heavy atom. The number of thioether (sulfide) groups is 1. The molecule has 1 aromatic rings. The van der Waals surface area contributed by atoms with Crippen LogP contribution in [-0.2, 0) is 9.59 Å². The lowest BCUT2D eigenvalue weighted by Gasteiger charge is -2.27. The Morgan fingerprint density at radius 2 is 2.04 bits per heavy atom.